The quantitative estimate of drug-likeness (QED) is 0.850. The normalized spacial score (nSPS) is 11.1. The van der Waals surface area contributed by atoms with E-state index >= 15 is 0 Å². The molecule has 2 rings (SSSR count). The van der Waals surface area contributed by atoms with Crippen molar-refractivity contribution in [3.8, 4) is 17.0 Å². The first kappa shape index (κ1) is 15.6. The molecule has 0 saturated carbocycles. The molecule has 0 aliphatic carbocycles. The van der Waals surface area contributed by atoms with E-state index in [0.717, 1.165) is 30.1 Å². The van der Waals surface area contributed by atoms with Crippen LogP contribution in [0.3, 0.4) is 0 Å². The van der Waals surface area contributed by atoms with Gasteiger partial charge in [0.25, 0.3) is 0 Å². The van der Waals surface area contributed by atoms with E-state index in [4.69, 9.17) is 4.74 Å². The fourth-order valence-electron chi connectivity index (χ4n) is 2.28. The third kappa shape index (κ3) is 4.33. The van der Waals surface area contributed by atoms with Gasteiger partial charge in [-0.25, -0.2) is 0 Å². The molecule has 1 aromatic carbocycles. The molecule has 1 aromatic heterocycles. The molecule has 0 atom stereocenters. The third-order valence-corrected chi connectivity index (χ3v) is 3.21. The summed E-state index contributed by atoms with van der Waals surface area (Å²) in [6.07, 6.45) is 2.08. The van der Waals surface area contributed by atoms with Crippen LogP contribution in [0.1, 0.15) is 26.3 Å². The van der Waals surface area contributed by atoms with Crippen molar-refractivity contribution in [3.05, 3.63) is 36.0 Å². The summed E-state index contributed by atoms with van der Waals surface area (Å²) in [4.78, 5) is 0. The molecule has 0 unspecified atom stereocenters. The maximum Gasteiger partial charge on any atom is 0.119 e. The Morgan fingerprint density at radius 1 is 1.24 bits per heavy atom. The van der Waals surface area contributed by atoms with E-state index in [1.165, 1.54) is 5.56 Å². The van der Waals surface area contributed by atoms with Crippen LogP contribution in [-0.2, 0) is 13.6 Å². The maximum absolute atomic E-state index is 5.49. The van der Waals surface area contributed by atoms with Crippen molar-refractivity contribution < 1.29 is 4.74 Å². The van der Waals surface area contributed by atoms with E-state index in [2.05, 4.69) is 42.6 Å². The van der Waals surface area contributed by atoms with Gasteiger partial charge in [-0.3, -0.25) is 4.68 Å². The largest absolute Gasteiger partial charge is 0.494 e. The van der Waals surface area contributed by atoms with E-state index in [1.54, 1.807) is 0 Å². The van der Waals surface area contributed by atoms with E-state index in [0.29, 0.717) is 12.5 Å². The fraction of sp³-hybridized carbons (Fsp3) is 0.471. The van der Waals surface area contributed by atoms with E-state index in [9.17, 15) is 0 Å². The first-order valence-corrected chi connectivity index (χ1v) is 7.56. The summed E-state index contributed by atoms with van der Waals surface area (Å²) in [6.45, 7) is 8.96. The van der Waals surface area contributed by atoms with Gasteiger partial charge in [0.2, 0.25) is 0 Å². The Hall–Kier alpha value is -1.81. The topological polar surface area (TPSA) is 39.1 Å². The lowest BCUT2D eigenvalue weighted by Crippen LogP contribution is -2.19. The summed E-state index contributed by atoms with van der Waals surface area (Å²) in [5.41, 5.74) is 3.39. The lowest BCUT2D eigenvalue weighted by atomic mass is 10.1. The van der Waals surface area contributed by atoms with Gasteiger partial charge in [-0.15, -0.1) is 0 Å². The molecular weight excluding hydrogens is 262 g/mol. The van der Waals surface area contributed by atoms with Crippen LogP contribution >= 0.6 is 0 Å². The standard InChI is InChI=1S/C17H25N3O/c1-5-21-16-8-6-14(7-9-16)17-15(12-20(4)19-17)11-18-10-13(2)3/h6-9,12-13,18H,5,10-11H2,1-4H3. The molecule has 0 saturated heterocycles. The van der Waals surface area contributed by atoms with E-state index < -0.39 is 0 Å². The molecular formula is C17H25N3O. The zero-order valence-corrected chi connectivity index (χ0v) is 13.4. The maximum atomic E-state index is 5.49. The van der Waals surface area contributed by atoms with Crippen LogP contribution in [0.5, 0.6) is 5.75 Å². The van der Waals surface area contributed by atoms with Crippen LogP contribution in [0.2, 0.25) is 0 Å². The summed E-state index contributed by atoms with van der Waals surface area (Å²) in [7, 11) is 1.96. The number of benzene rings is 1. The predicted molar refractivity (Wildman–Crippen MR) is 86.4 cm³/mol. The molecule has 0 aliphatic heterocycles. The number of nitrogens with zero attached hydrogens (tertiary/aromatic N) is 2. The predicted octanol–water partition coefficient (Wildman–Crippen LogP) is 3.23. The SMILES string of the molecule is CCOc1ccc(-c2nn(C)cc2CNCC(C)C)cc1. The van der Waals surface area contributed by atoms with Crippen LogP contribution in [0.4, 0.5) is 0 Å². The molecule has 1 N–H and O–H groups in total. The van der Waals surface area contributed by atoms with Gasteiger partial charge in [0, 0.05) is 30.9 Å². The molecule has 0 aliphatic rings. The van der Waals surface area contributed by atoms with Gasteiger partial charge in [0.05, 0.1) is 12.3 Å². The van der Waals surface area contributed by atoms with Gasteiger partial charge in [-0.2, -0.15) is 5.10 Å². The average molecular weight is 287 g/mol. The highest BCUT2D eigenvalue weighted by molar-refractivity contribution is 5.63. The molecule has 2 aromatic rings. The second kappa shape index (κ2) is 7.27. The zero-order chi connectivity index (χ0) is 15.2. The molecule has 0 bridgehead atoms. The van der Waals surface area contributed by atoms with Crippen molar-refractivity contribution in [1.29, 1.82) is 0 Å². The Labute approximate surface area is 127 Å². The summed E-state index contributed by atoms with van der Waals surface area (Å²) in [5, 5.41) is 8.07. The van der Waals surface area contributed by atoms with Crippen molar-refractivity contribution in [3.63, 3.8) is 0 Å². The first-order chi connectivity index (χ1) is 10.1. The Morgan fingerprint density at radius 3 is 2.57 bits per heavy atom. The monoisotopic (exact) mass is 287 g/mol. The summed E-state index contributed by atoms with van der Waals surface area (Å²) >= 11 is 0. The second-order valence-corrected chi connectivity index (χ2v) is 5.66. The van der Waals surface area contributed by atoms with Gasteiger partial charge >= 0.3 is 0 Å². The van der Waals surface area contributed by atoms with Crippen molar-refractivity contribution in [1.82, 2.24) is 15.1 Å². The first-order valence-electron chi connectivity index (χ1n) is 7.56. The summed E-state index contributed by atoms with van der Waals surface area (Å²) < 4.78 is 7.36. The van der Waals surface area contributed by atoms with Gasteiger partial charge in [-0.05, 0) is 43.7 Å². The Kier molecular flexibility index (Phi) is 5.39. The van der Waals surface area contributed by atoms with Crippen molar-refractivity contribution in [2.75, 3.05) is 13.2 Å². The number of hydrogen-bond acceptors (Lipinski definition) is 3. The van der Waals surface area contributed by atoms with Crippen LogP contribution in [0.15, 0.2) is 30.5 Å². The van der Waals surface area contributed by atoms with Crippen molar-refractivity contribution >= 4 is 0 Å². The van der Waals surface area contributed by atoms with Crippen LogP contribution in [0.25, 0.3) is 11.3 Å². The highest BCUT2D eigenvalue weighted by Gasteiger charge is 2.10. The van der Waals surface area contributed by atoms with Crippen LogP contribution in [0, 0.1) is 5.92 Å². The molecule has 0 spiro atoms. The molecule has 4 nitrogen and oxygen atoms in total. The molecule has 21 heavy (non-hydrogen) atoms. The minimum absolute atomic E-state index is 0.649. The zero-order valence-electron chi connectivity index (χ0n) is 13.4. The van der Waals surface area contributed by atoms with Gasteiger partial charge in [-0.1, -0.05) is 13.8 Å². The summed E-state index contributed by atoms with van der Waals surface area (Å²) in [6, 6.07) is 8.14. The Bertz CT molecular complexity index is 558. The van der Waals surface area contributed by atoms with E-state index in [1.807, 2.05) is 30.8 Å². The number of aromatic nitrogens is 2. The minimum Gasteiger partial charge on any atom is -0.494 e. The van der Waals surface area contributed by atoms with Crippen molar-refractivity contribution in [2.24, 2.45) is 13.0 Å². The fourth-order valence-corrected chi connectivity index (χ4v) is 2.28. The highest BCUT2D eigenvalue weighted by Crippen LogP contribution is 2.24. The average Bonchev–Trinajstić information content (AvgIpc) is 2.81. The Morgan fingerprint density at radius 2 is 1.95 bits per heavy atom. The lowest BCUT2D eigenvalue weighted by Gasteiger charge is -2.08. The number of aryl methyl sites for hydroxylation is 1. The van der Waals surface area contributed by atoms with Gasteiger partial charge in [0.15, 0.2) is 0 Å². The Balaban J connectivity index is 2.14. The molecule has 114 valence electrons. The van der Waals surface area contributed by atoms with Crippen LogP contribution in [-0.4, -0.2) is 22.9 Å². The highest BCUT2D eigenvalue weighted by atomic mass is 16.5. The third-order valence-electron chi connectivity index (χ3n) is 3.21. The minimum atomic E-state index is 0.649. The van der Waals surface area contributed by atoms with Crippen molar-refractivity contribution in [2.45, 2.75) is 27.3 Å². The molecule has 4 heteroatoms. The van der Waals surface area contributed by atoms with Gasteiger partial charge in [0.1, 0.15) is 5.75 Å². The number of nitrogens with one attached hydrogen (secondary N) is 1. The van der Waals surface area contributed by atoms with Crippen LogP contribution < -0.4 is 10.1 Å². The lowest BCUT2D eigenvalue weighted by molar-refractivity contribution is 0.340. The number of hydrogen-bond donors (Lipinski definition) is 1. The van der Waals surface area contributed by atoms with Gasteiger partial charge < -0.3 is 10.1 Å². The number of ether oxygens (including phenoxy) is 1. The number of rotatable bonds is 7. The molecule has 1 heterocycles. The molecule has 0 fully saturated rings. The summed E-state index contributed by atoms with van der Waals surface area (Å²) in [5.74, 6) is 1.55. The second-order valence-electron chi connectivity index (χ2n) is 5.66. The smallest absolute Gasteiger partial charge is 0.119 e. The van der Waals surface area contributed by atoms with E-state index in [-0.39, 0.29) is 0 Å². The molecule has 0 radical (unpaired) electrons. The molecule has 0 amide bonds.